The van der Waals surface area contributed by atoms with E-state index in [1.165, 1.54) is 26.0 Å². The Balaban J connectivity index is 3.13. The number of alkyl halides is 3. The molecule has 1 rings (SSSR count). The van der Waals surface area contributed by atoms with E-state index < -0.39 is 34.8 Å². The molecule has 26 heavy (non-hydrogen) atoms. The van der Waals surface area contributed by atoms with Crippen LogP contribution in [0.4, 0.5) is 18.0 Å². The van der Waals surface area contributed by atoms with Crippen LogP contribution in [0.15, 0.2) is 24.3 Å². The lowest BCUT2D eigenvalue weighted by atomic mass is 9.93. The van der Waals surface area contributed by atoms with Crippen molar-refractivity contribution in [3.05, 3.63) is 35.4 Å². The van der Waals surface area contributed by atoms with Crippen LogP contribution in [0.5, 0.6) is 0 Å². The fourth-order valence-electron chi connectivity index (χ4n) is 2.12. The summed E-state index contributed by atoms with van der Waals surface area (Å²) in [4.78, 5) is 24.9. The third kappa shape index (κ3) is 6.57. The number of aliphatic carboxylic acids is 1. The van der Waals surface area contributed by atoms with Crippen LogP contribution in [-0.2, 0) is 22.3 Å². The fourth-order valence-corrected chi connectivity index (χ4v) is 2.12. The Morgan fingerprint density at radius 2 is 1.69 bits per heavy atom. The number of carboxylic acid groups (broad SMARTS) is 1. The lowest BCUT2D eigenvalue weighted by Crippen LogP contribution is -2.44. The third-order valence-electron chi connectivity index (χ3n) is 3.44. The molecule has 5 nitrogen and oxygen atoms in total. The summed E-state index contributed by atoms with van der Waals surface area (Å²) in [6.45, 7) is 7.39. The largest absolute Gasteiger partial charge is 0.481 e. The quantitative estimate of drug-likeness (QED) is 0.820. The lowest BCUT2D eigenvalue weighted by Gasteiger charge is -2.32. The summed E-state index contributed by atoms with van der Waals surface area (Å²) in [5.41, 5.74) is -2.72. The number of rotatable bonds is 5. The van der Waals surface area contributed by atoms with Crippen molar-refractivity contribution in [1.29, 1.82) is 0 Å². The van der Waals surface area contributed by atoms with Crippen molar-refractivity contribution < 1.29 is 32.6 Å². The molecular formula is C18H24F3NO4. The number of benzene rings is 1. The zero-order valence-corrected chi connectivity index (χ0v) is 15.5. The predicted molar refractivity (Wildman–Crippen MR) is 89.5 cm³/mol. The van der Waals surface area contributed by atoms with E-state index in [2.05, 4.69) is 0 Å². The van der Waals surface area contributed by atoms with Crippen molar-refractivity contribution in [3.63, 3.8) is 0 Å². The summed E-state index contributed by atoms with van der Waals surface area (Å²) >= 11 is 0. The molecule has 1 N–H and O–H groups in total. The first kappa shape index (κ1) is 21.8. The number of hydrogen-bond acceptors (Lipinski definition) is 3. The van der Waals surface area contributed by atoms with Crippen LogP contribution in [0.3, 0.4) is 0 Å². The van der Waals surface area contributed by atoms with Crippen molar-refractivity contribution in [2.75, 3.05) is 6.54 Å². The summed E-state index contributed by atoms with van der Waals surface area (Å²) in [6.07, 6.45) is -5.29. The van der Waals surface area contributed by atoms with E-state index in [-0.39, 0.29) is 18.7 Å². The standard InChI is InChI=1S/C18H24F3NO4/c1-16(2,3)26-15(25)22(11-17(4,5)14(23)24)10-12-7-6-8-13(9-12)18(19,20)21/h6-9H,10-11H2,1-5H3,(H,23,24). The molecule has 0 atom stereocenters. The molecule has 1 aromatic carbocycles. The van der Waals surface area contributed by atoms with Crippen molar-refractivity contribution in [1.82, 2.24) is 4.90 Å². The number of amides is 1. The van der Waals surface area contributed by atoms with E-state index in [0.29, 0.717) is 0 Å². The Hall–Kier alpha value is -2.25. The van der Waals surface area contributed by atoms with Gasteiger partial charge in [0.05, 0.1) is 11.0 Å². The lowest BCUT2D eigenvalue weighted by molar-refractivity contribution is -0.147. The number of ether oxygens (including phenoxy) is 1. The number of carbonyl (C=O) groups excluding carboxylic acids is 1. The first-order chi connectivity index (χ1) is 11.6. The van der Waals surface area contributed by atoms with Gasteiger partial charge in [-0.25, -0.2) is 4.79 Å². The zero-order valence-electron chi connectivity index (χ0n) is 15.5. The summed E-state index contributed by atoms with van der Waals surface area (Å²) < 4.78 is 43.9. The molecule has 0 aromatic heterocycles. The van der Waals surface area contributed by atoms with E-state index in [1.54, 1.807) is 20.8 Å². The summed E-state index contributed by atoms with van der Waals surface area (Å²) in [7, 11) is 0. The minimum absolute atomic E-state index is 0.199. The van der Waals surface area contributed by atoms with Crippen LogP contribution in [0, 0.1) is 5.41 Å². The average molecular weight is 375 g/mol. The van der Waals surface area contributed by atoms with Gasteiger partial charge in [0.1, 0.15) is 5.60 Å². The second kappa shape index (κ2) is 7.55. The molecule has 0 radical (unpaired) electrons. The molecule has 0 saturated heterocycles. The van der Waals surface area contributed by atoms with Crippen molar-refractivity contribution >= 4 is 12.1 Å². The van der Waals surface area contributed by atoms with E-state index in [1.807, 2.05) is 0 Å². The smallest absolute Gasteiger partial charge is 0.416 e. The van der Waals surface area contributed by atoms with E-state index in [9.17, 15) is 27.9 Å². The number of halogens is 3. The van der Waals surface area contributed by atoms with Crippen LogP contribution in [0.25, 0.3) is 0 Å². The minimum atomic E-state index is -4.51. The maximum atomic E-state index is 12.9. The molecule has 0 fully saturated rings. The molecule has 0 aliphatic heterocycles. The molecular weight excluding hydrogens is 351 g/mol. The van der Waals surface area contributed by atoms with Gasteiger partial charge in [-0.3, -0.25) is 4.79 Å². The summed E-state index contributed by atoms with van der Waals surface area (Å²) in [5.74, 6) is -1.13. The molecule has 146 valence electrons. The molecule has 1 aromatic rings. The van der Waals surface area contributed by atoms with Crippen LogP contribution < -0.4 is 0 Å². The van der Waals surface area contributed by atoms with E-state index in [4.69, 9.17) is 4.74 Å². The maximum Gasteiger partial charge on any atom is 0.416 e. The Labute approximate surface area is 150 Å². The Bertz CT molecular complexity index is 663. The highest BCUT2D eigenvalue weighted by molar-refractivity contribution is 5.75. The van der Waals surface area contributed by atoms with Crippen LogP contribution in [0.1, 0.15) is 45.7 Å². The number of nitrogens with zero attached hydrogens (tertiary/aromatic N) is 1. The molecule has 0 heterocycles. The van der Waals surface area contributed by atoms with E-state index in [0.717, 1.165) is 17.0 Å². The van der Waals surface area contributed by atoms with Gasteiger partial charge in [-0.1, -0.05) is 12.1 Å². The van der Waals surface area contributed by atoms with Crippen LogP contribution in [0.2, 0.25) is 0 Å². The molecule has 0 aliphatic rings. The van der Waals surface area contributed by atoms with Crippen LogP contribution in [-0.4, -0.2) is 34.2 Å². The topological polar surface area (TPSA) is 66.8 Å². The normalized spacial score (nSPS) is 12.6. The Kier molecular flexibility index (Phi) is 6.33. The van der Waals surface area contributed by atoms with Gasteiger partial charge in [-0.05, 0) is 52.3 Å². The second-order valence-corrected chi connectivity index (χ2v) is 7.72. The van der Waals surface area contributed by atoms with Crippen molar-refractivity contribution in [2.45, 2.75) is 52.9 Å². The molecule has 0 saturated carbocycles. The van der Waals surface area contributed by atoms with Crippen LogP contribution >= 0.6 is 0 Å². The first-order valence-electron chi connectivity index (χ1n) is 7.99. The average Bonchev–Trinajstić information content (AvgIpc) is 2.43. The molecule has 8 heteroatoms. The monoisotopic (exact) mass is 375 g/mol. The second-order valence-electron chi connectivity index (χ2n) is 7.72. The van der Waals surface area contributed by atoms with Gasteiger partial charge >= 0.3 is 18.2 Å². The predicted octanol–water partition coefficient (Wildman–Crippen LogP) is 4.55. The number of carbonyl (C=O) groups is 2. The van der Waals surface area contributed by atoms with Gasteiger partial charge in [0.2, 0.25) is 0 Å². The van der Waals surface area contributed by atoms with Crippen molar-refractivity contribution in [3.8, 4) is 0 Å². The summed E-state index contributed by atoms with van der Waals surface area (Å²) in [6, 6.07) is 4.56. The highest BCUT2D eigenvalue weighted by Gasteiger charge is 2.34. The van der Waals surface area contributed by atoms with Gasteiger partial charge in [0.25, 0.3) is 0 Å². The van der Waals surface area contributed by atoms with Gasteiger partial charge < -0.3 is 14.7 Å². The SMILES string of the molecule is CC(C)(C)OC(=O)N(Cc1cccc(C(F)(F)F)c1)CC(C)(C)C(=O)O. The third-order valence-corrected chi connectivity index (χ3v) is 3.44. The zero-order chi connectivity index (χ0) is 20.3. The number of hydrogen-bond donors (Lipinski definition) is 1. The maximum absolute atomic E-state index is 12.9. The van der Waals surface area contributed by atoms with Gasteiger partial charge in [0, 0.05) is 13.1 Å². The Morgan fingerprint density at radius 3 is 2.15 bits per heavy atom. The molecule has 0 unspecified atom stereocenters. The minimum Gasteiger partial charge on any atom is -0.481 e. The highest BCUT2D eigenvalue weighted by atomic mass is 19.4. The summed E-state index contributed by atoms with van der Waals surface area (Å²) in [5, 5.41) is 9.29. The fraction of sp³-hybridized carbons (Fsp3) is 0.556. The first-order valence-corrected chi connectivity index (χ1v) is 7.99. The molecule has 0 bridgehead atoms. The van der Waals surface area contributed by atoms with Gasteiger partial charge in [0.15, 0.2) is 0 Å². The van der Waals surface area contributed by atoms with E-state index >= 15 is 0 Å². The van der Waals surface area contributed by atoms with Gasteiger partial charge in [-0.2, -0.15) is 13.2 Å². The molecule has 1 amide bonds. The van der Waals surface area contributed by atoms with Gasteiger partial charge in [-0.15, -0.1) is 0 Å². The van der Waals surface area contributed by atoms with Crippen molar-refractivity contribution in [2.24, 2.45) is 5.41 Å². The molecule has 0 aliphatic carbocycles. The Morgan fingerprint density at radius 1 is 1.12 bits per heavy atom. The highest BCUT2D eigenvalue weighted by Crippen LogP contribution is 2.30. The number of carboxylic acids is 1. The molecule has 0 spiro atoms.